The molecule has 0 amide bonds. The zero-order valence-corrected chi connectivity index (χ0v) is 13.0. The van der Waals surface area contributed by atoms with E-state index in [4.69, 9.17) is 0 Å². The van der Waals surface area contributed by atoms with Gasteiger partial charge in [-0.1, -0.05) is 12.1 Å². The Kier molecular flexibility index (Phi) is 3.97. The van der Waals surface area contributed by atoms with Crippen molar-refractivity contribution in [1.29, 1.82) is 0 Å². The molecule has 3 rings (SSSR count). The first kappa shape index (κ1) is 14.4. The van der Waals surface area contributed by atoms with Crippen molar-refractivity contribution in [2.75, 3.05) is 7.11 Å². The summed E-state index contributed by atoms with van der Waals surface area (Å²) in [6.07, 6.45) is 2.35. The number of ether oxygens (including phenoxy) is 1. The van der Waals surface area contributed by atoms with Crippen molar-refractivity contribution in [3.05, 3.63) is 52.8 Å². The second kappa shape index (κ2) is 6.07. The molecule has 0 fully saturated rings. The SMILES string of the molecule is COC(=O)c1ccc(Cc2nc(-c3nccs3)n(C)n2)cc1. The number of aryl methyl sites for hydroxylation is 1. The van der Waals surface area contributed by atoms with Crippen LogP contribution in [0.3, 0.4) is 0 Å². The van der Waals surface area contributed by atoms with Crippen LogP contribution in [0.1, 0.15) is 21.7 Å². The smallest absolute Gasteiger partial charge is 0.337 e. The van der Waals surface area contributed by atoms with E-state index in [1.807, 2.05) is 24.6 Å². The normalized spacial score (nSPS) is 10.6. The molecule has 0 atom stereocenters. The Morgan fingerprint density at radius 2 is 2.09 bits per heavy atom. The van der Waals surface area contributed by atoms with Crippen LogP contribution >= 0.6 is 11.3 Å². The fourth-order valence-corrected chi connectivity index (χ4v) is 2.75. The molecule has 2 aromatic heterocycles. The maximum atomic E-state index is 11.4. The molecule has 0 N–H and O–H groups in total. The molecule has 0 saturated carbocycles. The number of hydrogen-bond donors (Lipinski definition) is 0. The third-order valence-corrected chi connectivity index (χ3v) is 3.94. The van der Waals surface area contributed by atoms with Gasteiger partial charge in [0.1, 0.15) is 0 Å². The zero-order valence-electron chi connectivity index (χ0n) is 12.2. The van der Waals surface area contributed by atoms with Crippen molar-refractivity contribution >= 4 is 17.3 Å². The molecular weight excluding hydrogens is 300 g/mol. The lowest BCUT2D eigenvalue weighted by molar-refractivity contribution is 0.0600. The quantitative estimate of drug-likeness (QED) is 0.691. The number of carbonyl (C=O) groups is 1. The standard InChI is InChI=1S/C15H14N4O2S/c1-19-13(14-16-7-8-22-14)17-12(18-19)9-10-3-5-11(6-4-10)15(20)21-2/h3-8H,9H2,1-2H3. The highest BCUT2D eigenvalue weighted by atomic mass is 32.1. The first-order chi connectivity index (χ1) is 10.7. The molecular formula is C15H14N4O2S. The number of aromatic nitrogens is 4. The Morgan fingerprint density at radius 3 is 2.73 bits per heavy atom. The number of esters is 1. The average Bonchev–Trinajstić information content (AvgIpc) is 3.17. The van der Waals surface area contributed by atoms with E-state index in [1.54, 1.807) is 23.0 Å². The van der Waals surface area contributed by atoms with Gasteiger partial charge in [-0.05, 0) is 17.7 Å². The van der Waals surface area contributed by atoms with Crippen LogP contribution in [0.15, 0.2) is 35.8 Å². The summed E-state index contributed by atoms with van der Waals surface area (Å²) in [5.74, 6) is 1.14. The predicted octanol–water partition coefficient (Wildman–Crippen LogP) is 2.32. The van der Waals surface area contributed by atoms with Gasteiger partial charge in [-0.25, -0.2) is 19.4 Å². The van der Waals surface area contributed by atoms with Crippen molar-refractivity contribution in [2.24, 2.45) is 7.05 Å². The van der Waals surface area contributed by atoms with Crippen LogP contribution in [0.4, 0.5) is 0 Å². The lowest BCUT2D eigenvalue weighted by atomic mass is 10.1. The van der Waals surface area contributed by atoms with Crippen molar-refractivity contribution in [3.63, 3.8) is 0 Å². The summed E-state index contributed by atoms with van der Waals surface area (Å²) in [5, 5.41) is 7.18. The van der Waals surface area contributed by atoms with E-state index in [1.165, 1.54) is 18.4 Å². The molecule has 0 aliphatic heterocycles. The van der Waals surface area contributed by atoms with E-state index in [-0.39, 0.29) is 5.97 Å². The van der Waals surface area contributed by atoms with Crippen LogP contribution in [0, 0.1) is 0 Å². The van der Waals surface area contributed by atoms with Crippen molar-refractivity contribution in [2.45, 2.75) is 6.42 Å². The van der Waals surface area contributed by atoms with Crippen LogP contribution < -0.4 is 0 Å². The van der Waals surface area contributed by atoms with E-state index in [0.717, 1.165) is 22.2 Å². The van der Waals surface area contributed by atoms with Crippen LogP contribution in [0.2, 0.25) is 0 Å². The predicted molar refractivity (Wildman–Crippen MR) is 82.7 cm³/mol. The third kappa shape index (κ3) is 2.89. The van der Waals surface area contributed by atoms with E-state index in [2.05, 4.69) is 19.8 Å². The summed E-state index contributed by atoms with van der Waals surface area (Å²) in [6, 6.07) is 7.25. The van der Waals surface area contributed by atoms with Crippen molar-refractivity contribution in [1.82, 2.24) is 19.7 Å². The Hall–Kier alpha value is -2.54. The Morgan fingerprint density at radius 1 is 1.32 bits per heavy atom. The van der Waals surface area contributed by atoms with Gasteiger partial charge in [-0.3, -0.25) is 0 Å². The van der Waals surface area contributed by atoms with E-state index >= 15 is 0 Å². The highest BCUT2D eigenvalue weighted by molar-refractivity contribution is 7.13. The molecule has 0 aliphatic carbocycles. The fourth-order valence-electron chi connectivity index (χ4n) is 2.09. The minimum Gasteiger partial charge on any atom is -0.465 e. The van der Waals surface area contributed by atoms with E-state index < -0.39 is 0 Å². The lowest BCUT2D eigenvalue weighted by Crippen LogP contribution is -2.01. The monoisotopic (exact) mass is 314 g/mol. The number of benzene rings is 1. The van der Waals surface area contributed by atoms with Crippen molar-refractivity contribution < 1.29 is 9.53 Å². The summed E-state index contributed by atoms with van der Waals surface area (Å²) in [6.45, 7) is 0. The molecule has 7 heteroatoms. The number of rotatable bonds is 4. The molecule has 0 unspecified atom stereocenters. The minimum atomic E-state index is -0.339. The summed E-state index contributed by atoms with van der Waals surface area (Å²) >= 11 is 1.53. The first-order valence-corrected chi connectivity index (χ1v) is 7.52. The van der Waals surface area contributed by atoms with Gasteiger partial charge < -0.3 is 4.74 Å². The number of methoxy groups -OCH3 is 1. The first-order valence-electron chi connectivity index (χ1n) is 6.64. The van der Waals surface area contributed by atoms with E-state index in [9.17, 15) is 4.79 Å². The van der Waals surface area contributed by atoms with Crippen LogP contribution in [-0.2, 0) is 18.2 Å². The fraction of sp³-hybridized carbons (Fsp3) is 0.200. The molecule has 0 spiro atoms. The molecule has 0 bridgehead atoms. The van der Waals surface area contributed by atoms with Crippen molar-refractivity contribution in [3.8, 4) is 10.8 Å². The Labute approximate surface area is 131 Å². The topological polar surface area (TPSA) is 69.9 Å². The zero-order chi connectivity index (χ0) is 15.5. The number of nitrogens with zero attached hydrogens (tertiary/aromatic N) is 4. The minimum absolute atomic E-state index is 0.339. The van der Waals surface area contributed by atoms with Gasteiger partial charge in [0.15, 0.2) is 16.7 Å². The van der Waals surface area contributed by atoms with Gasteiger partial charge in [0, 0.05) is 25.0 Å². The molecule has 0 saturated heterocycles. The van der Waals surface area contributed by atoms with E-state index in [0.29, 0.717) is 12.0 Å². The Bertz CT molecular complexity index is 778. The van der Waals surface area contributed by atoms with Gasteiger partial charge >= 0.3 is 5.97 Å². The highest BCUT2D eigenvalue weighted by Gasteiger charge is 2.12. The maximum Gasteiger partial charge on any atom is 0.337 e. The van der Waals surface area contributed by atoms with Gasteiger partial charge in [0.05, 0.1) is 12.7 Å². The third-order valence-electron chi connectivity index (χ3n) is 3.17. The lowest BCUT2D eigenvalue weighted by Gasteiger charge is -2.01. The molecule has 6 nitrogen and oxygen atoms in total. The summed E-state index contributed by atoms with van der Waals surface area (Å²) < 4.78 is 6.42. The largest absolute Gasteiger partial charge is 0.465 e. The van der Waals surface area contributed by atoms with Gasteiger partial charge in [-0.15, -0.1) is 11.3 Å². The van der Waals surface area contributed by atoms with Gasteiger partial charge in [-0.2, -0.15) is 5.10 Å². The number of thiazole rings is 1. The number of carbonyl (C=O) groups excluding carboxylic acids is 1. The second-order valence-electron chi connectivity index (χ2n) is 4.68. The average molecular weight is 314 g/mol. The molecule has 2 heterocycles. The number of hydrogen-bond acceptors (Lipinski definition) is 6. The maximum absolute atomic E-state index is 11.4. The molecule has 112 valence electrons. The van der Waals surface area contributed by atoms with Crippen LogP contribution in [-0.4, -0.2) is 32.8 Å². The summed E-state index contributed by atoms with van der Waals surface area (Å²) in [4.78, 5) is 20.2. The van der Waals surface area contributed by atoms with Gasteiger partial charge in [0.25, 0.3) is 0 Å². The molecule has 0 aliphatic rings. The highest BCUT2D eigenvalue weighted by Crippen LogP contribution is 2.19. The summed E-state index contributed by atoms with van der Waals surface area (Å²) in [5.41, 5.74) is 1.56. The second-order valence-corrected chi connectivity index (χ2v) is 5.57. The molecule has 1 aromatic carbocycles. The van der Waals surface area contributed by atoms with Crippen LogP contribution in [0.5, 0.6) is 0 Å². The van der Waals surface area contributed by atoms with Crippen LogP contribution in [0.25, 0.3) is 10.8 Å². The molecule has 22 heavy (non-hydrogen) atoms. The van der Waals surface area contributed by atoms with Gasteiger partial charge in [0.2, 0.25) is 0 Å². The summed E-state index contributed by atoms with van der Waals surface area (Å²) in [7, 11) is 3.22. The Balaban J connectivity index is 1.79. The molecule has 3 aromatic rings. The molecule has 0 radical (unpaired) electrons.